The van der Waals surface area contributed by atoms with Crippen molar-refractivity contribution in [3.8, 4) is 0 Å². The van der Waals surface area contributed by atoms with Gasteiger partial charge in [0.05, 0.1) is 18.8 Å². The zero-order valence-electron chi connectivity index (χ0n) is 11.9. The van der Waals surface area contributed by atoms with Crippen LogP contribution in [0.4, 0.5) is 0 Å². The van der Waals surface area contributed by atoms with Crippen molar-refractivity contribution in [2.24, 2.45) is 11.8 Å². The van der Waals surface area contributed by atoms with Crippen LogP contribution in [0, 0.1) is 11.8 Å². The Balaban J connectivity index is 1.57. The summed E-state index contributed by atoms with van der Waals surface area (Å²) in [5, 5.41) is 13.3. The van der Waals surface area contributed by atoms with E-state index in [0.717, 1.165) is 5.92 Å². The highest BCUT2D eigenvalue weighted by molar-refractivity contribution is 4.83. The summed E-state index contributed by atoms with van der Waals surface area (Å²) in [5.74, 6) is 1.50. The number of rotatable bonds is 7. The summed E-state index contributed by atoms with van der Waals surface area (Å²) in [6, 6.07) is 0.549. The quantitative estimate of drug-likeness (QED) is 0.733. The van der Waals surface area contributed by atoms with Crippen LogP contribution < -0.4 is 5.32 Å². The van der Waals surface area contributed by atoms with Crippen LogP contribution in [0.3, 0.4) is 0 Å². The lowest BCUT2D eigenvalue weighted by Crippen LogP contribution is -2.38. The van der Waals surface area contributed by atoms with E-state index in [2.05, 4.69) is 19.2 Å². The van der Waals surface area contributed by atoms with Gasteiger partial charge in [-0.3, -0.25) is 0 Å². The summed E-state index contributed by atoms with van der Waals surface area (Å²) in [6.07, 6.45) is 7.76. The van der Waals surface area contributed by atoms with Gasteiger partial charge in [0.1, 0.15) is 0 Å². The highest BCUT2D eigenvalue weighted by Gasteiger charge is 2.28. The molecule has 0 saturated heterocycles. The highest BCUT2D eigenvalue weighted by Crippen LogP contribution is 2.32. The minimum Gasteiger partial charge on any atom is -0.389 e. The number of aliphatic hydroxyl groups excluding tert-OH is 1. The van der Waals surface area contributed by atoms with Crippen LogP contribution in [0.15, 0.2) is 0 Å². The molecule has 18 heavy (non-hydrogen) atoms. The second-order valence-corrected chi connectivity index (χ2v) is 6.32. The summed E-state index contributed by atoms with van der Waals surface area (Å²) in [5.41, 5.74) is 0. The SMILES string of the molecule is CC1CCCCC1OCC(O)CNC(C)C1CC1. The Hall–Kier alpha value is -0.120. The number of aliphatic hydroxyl groups is 1. The molecule has 2 N–H and O–H groups in total. The van der Waals surface area contributed by atoms with Gasteiger partial charge in [0, 0.05) is 12.6 Å². The van der Waals surface area contributed by atoms with Crippen molar-refractivity contribution < 1.29 is 9.84 Å². The Bertz CT molecular complexity index is 243. The fourth-order valence-corrected chi connectivity index (χ4v) is 2.91. The molecule has 0 aliphatic heterocycles. The molecule has 4 atom stereocenters. The van der Waals surface area contributed by atoms with Crippen LogP contribution in [0.2, 0.25) is 0 Å². The molecular weight excluding hydrogens is 226 g/mol. The van der Waals surface area contributed by atoms with E-state index in [9.17, 15) is 5.11 Å². The lowest BCUT2D eigenvalue weighted by molar-refractivity contribution is -0.0456. The summed E-state index contributed by atoms with van der Waals surface area (Å²) in [6.45, 7) is 5.64. The van der Waals surface area contributed by atoms with Crippen molar-refractivity contribution in [1.82, 2.24) is 5.32 Å². The van der Waals surface area contributed by atoms with E-state index < -0.39 is 0 Å². The minimum atomic E-state index is -0.361. The molecule has 0 amide bonds. The van der Waals surface area contributed by atoms with Crippen LogP contribution in [0.1, 0.15) is 52.4 Å². The van der Waals surface area contributed by atoms with Crippen molar-refractivity contribution in [3.05, 3.63) is 0 Å². The fourth-order valence-electron chi connectivity index (χ4n) is 2.91. The molecule has 0 spiro atoms. The van der Waals surface area contributed by atoms with Crippen LogP contribution in [-0.2, 0) is 4.74 Å². The van der Waals surface area contributed by atoms with Gasteiger partial charge in [-0.15, -0.1) is 0 Å². The summed E-state index contributed by atoms with van der Waals surface area (Å²) < 4.78 is 5.88. The molecule has 0 radical (unpaired) electrons. The molecule has 106 valence electrons. The first-order valence-corrected chi connectivity index (χ1v) is 7.70. The monoisotopic (exact) mass is 255 g/mol. The Morgan fingerprint density at radius 2 is 1.94 bits per heavy atom. The van der Waals surface area contributed by atoms with E-state index >= 15 is 0 Å². The predicted octanol–water partition coefficient (Wildman–Crippen LogP) is 2.33. The molecule has 4 unspecified atom stereocenters. The van der Waals surface area contributed by atoms with Crippen molar-refractivity contribution in [2.45, 2.75) is 70.6 Å². The Kier molecular flexibility index (Phi) is 5.46. The molecule has 0 heterocycles. The number of ether oxygens (including phenoxy) is 1. The number of hydrogen-bond donors (Lipinski definition) is 2. The smallest absolute Gasteiger partial charge is 0.0897 e. The van der Waals surface area contributed by atoms with Crippen molar-refractivity contribution in [2.75, 3.05) is 13.2 Å². The van der Waals surface area contributed by atoms with Gasteiger partial charge >= 0.3 is 0 Å². The molecule has 0 aromatic carbocycles. The van der Waals surface area contributed by atoms with Gasteiger partial charge in [-0.05, 0) is 44.4 Å². The number of hydrogen-bond acceptors (Lipinski definition) is 3. The summed E-state index contributed by atoms with van der Waals surface area (Å²) >= 11 is 0. The third-order valence-electron chi connectivity index (χ3n) is 4.54. The number of nitrogens with one attached hydrogen (secondary N) is 1. The maximum absolute atomic E-state index is 9.93. The second kappa shape index (κ2) is 6.88. The summed E-state index contributed by atoms with van der Waals surface area (Å²) in [7, 11) is 0. The van der Waals surface area contributed by atoms with Gasteiger partial charge in [0.15, 0.2) is 0 Å². The molecule has 2 rings (SSSR count). The molecule has 0 aromatic rings. The van der Waals surface area contributed by atoms with E-state index in [0.29, 0.717) is 31.2 Å². The van der Waals surface area contributed by atoms with E-state index in [1.165, 1.54) is 38.5 Å². The van der Waals surface area contributed by atoms with Gasteiger partial charge in [0.25, 0.3) is 0 Å². The standard InChI is InChI=1S/C15H29NO2/c1-11-5-3-4-6-15(11)18-10-14(17)9-16-12(2)13-7-8-13/h11-17H,3-10H2,1-2H3. The highest BCUT2D eigenvalue weighted by atomic mass is 16.5. The minimum absolute atomic E-state index is 0.361. The zero-order chi connectivity index (χ0) is 13.0. The Morgan fingerprint density at radius 3 is 2.61 bits per heavy atom. The molecule has 2 fully saturated rings. The van der Waals surface area contributed by atoms with Gasteiger partial charge in [-0.2, -0.15) is 0 Å². The van der Waals surface area contributed by atoms with Gasteiger partial charge < -0.3 is 15.2 Å². The predicted molar refractivity (Wildman–Crippen MR) is 73.6 cm³/mol. The molecule has 0 bridgehead atoms. The van der Waals surface area contributed by atoms with Crippen LogP contribution in [-0.4, -0.2) is 36.5 Å². The third-order valence-corrected chi connectivity index (χ3v) is 4.54. The molecule has 3 heteroatoms. The first-order valence-electron chi connectivity index (χ1n) is 7.70. The first-order chi connectivity index (χ1) is 8.66. The maximum Gasteiger partial charge on any atom is 0.0897 e. The molecule has 2 aliphatic rings. The molecule has 3 nitrogen and oxygen atoms in total. The molecule has 2 aliphatic carbocycles. The van der Waals surface area contributed by atoms with Crippen molar-refractivity contribution >= 4 is 0 Å². The largest absolute Gasteiger partial charge is 0.389 e. The fraction of sp³-hybridized carbons (Fsp3) is 1.00. The van der Waals surface area contributed by atoms with Crippen LogP contribution in [0.5, 0.6) is 0 Å². The van der Waals surface area contributed by atoms with Gasteiger partial charge in [-0.1, -0.05) is 19.8 Å². The van der Waals surface area contributed by atoms with E-state index in [1.807, 2.05) is 0 Å². The lowest BCUT2D eigenvalue weighted by atomic mass is 9.88. The first kappa shape index (κ1) is 14.3. The van der Waals surface area contributed by atoms with Gasteiger partial charge in [-0.25, -0.2) is 0 Å². The van der Waals surface area contributed by atoms with Crippen molar-refractivity contribution in [1.29, 1.82) is 0 Å². The van der Waals surface area contributed by atoms with Crippen LogP contribution in [0.25, 0.3) is 0 Å². The molecular formula is C15H29NO2. The summed E-state index contributed by atoms with van der Waals surface area (Å²) in [4.78, 5) is 0. The molecule has 0 aromatic heterocycles. The normalized spacial score (nSPS) is 32.2. The van der Waals surface area contributed by atoms with Crippen LogP contribution >= 0.6 is 0 Å². The third kappa shape index (κ3) is 4.52. The average Bonchev–Trinajstić information content (AvgIpc) is 3.19. The second-order valence-electron chi connectivity index (χ2n) is 6.32. The van der Waals surface area contributed by atoms with Gasteiger partial charge in [0.2, 0.25) is 0 Å². The van der Waals surface area contributed by atoms with E-state index in [1.54, 1.807) is 0 Å². The van der Waals surface area contributed by atoms with Crippen molar-refractivity contribution in [3.63, 3.8) is 0 Å². The Labute approximate surface area is 111 Å². The van der Waals surface area contributed by atoms with E-state index in [4.69, 9.17) is 4.74 Å². The lowest BCUT2D eigenvalue weighted by Gasteiger charge is -2.29. The average molecular weight is 255 g/mol. The topological polar surface area (TPSA) is 41.5 Å². The molecule has 2 saturated carbocycles. The maximum atomic E-state index is 9.93. The Morgan fingerprint density at radius 1 is 1.22 bits per heavy atom. The zero-order valence-corrected chi connectivity index (χ0v) is 11.9. The van der Waals surface area contributed by atoms with E-state index in [-0.39, 0.29) is 6.10 Å².